The Morgan fingerprint density at radius 2 is 1.91 bits per heavy atom. The molecule has 0 aliphatic rings. The molecule has 1 N–H and O–H groups in total. The van der Waals surface area contributed by atoms with Crippen LogP contribution >= 0.6 is 0 Å². The lowest BCUT2D eigenvalue weighted by atomic mass is 10.1. The van der Waals surface area contributed by atoms with Crippen LogP contribution in [0.4, 0.5) is 0 Å². The van der Waals surface area contributed by atoms with Crippen LogP contribution in [0, 0.1) is 6.92 Å². The molecule has 8 heteroatoms. The van der Waals surface area contributed by atoms with Crippen molar-refractivity contribution in [2.45, 2.75) is 26.6 Å². The molecule has 0 saturated heterocycles. The highest BCUT2D eigenvalue weighted by atomic mass is 16.5. The molecule has 5 aromatic rings. The summed E-state index contributed by atoms with van der Waals surface area (Å²) in [5.41, 5.74) is 5.52. The summed E-state index contributed by atoms with van der Waals surface area (Å²) in [6.45, 7) is 3.43. The number of carbonyl (C=O) groups is 1. The van der Waals surface area contributed by atoms with E-state index in [-0.39, 0.29) is 5.91 Å². The summed E-state index contributed by atoms with van der Waals surface area (Å²) < 4.78 is 9.65. The van der Waals surface area contributed by atoms with Crippen LogP contribution in [0.2, 0.25) is 0 Å². The Bertz CT molecular complexity index is 1420. The van der Waals surface area contributed by atoms with Gasteiger partial charge in [0.25, 0.3) is 5.91 Å². The standard InChI is InChI=1S/C26H24N6O2/c1-19-8-9-25-30-23(15-31(25)13-19)16-34-24-7-3-6-22(11-24)26(33)28-12-20-4-2-5-21(10-20)14-32-18-27-17-29-32/h2-11,13,15,17-18H,12,14,16H2,1H3,(H,28,33). The first-order chi connectivity index (χ1) is 16.6. The first kappa shape index (κ1) is 21.4. The van der Waals surface area contributed by atoms with Gasteiger partial charge in [0.05, 0.1) is 12.2 Å². The molecule has 3 heterocycles. The van der Waals surface area contributed by atoms with Gasteiger partial charge in [-0.15, -0.1) is 0 Å². The summed E-state index contributed by atoms with van der Waals surface area (Å²) in [5.74, 6) is 0.464. The van der Waals surface area contributed by atoms with E-state index in [0.717, 1.165) is 28.0 Å². The van der Waals surface area contributed by atoms with Crippen LogP contribution in [-0.4, -0.2) is 30.1 Å². The predicted molar refractivity (Wildman–Crippen MR) is 127 cm³/mol. The Morgan fingerprint density at radius 3 is 2.79 bits per heavy atom. The fourth-order valence-electron chi connectivity index (χ4n) is 3.73. The van der Waals surface area contributed by atoms with Crippen LogP contribution in [-0.2, 0) is 19.7 Å². The molecule has 2 aromatic carbocycles. The van der Waals surface area contributed by atoms with Crippen molar-refractivity contribution in [1.82, 2.24) is 29.5 Å². The molecule has 3 aromatic heterocycles. The van der Waals surface area contributed by atoms with Gasteiger partial charge in [-0.1, -0.05) is 36.4 Å². The molecule has 5 rings (SSSR count). The van der Waals surface area contributed by atoms with E-state index in [1.807, 2.05) is 66.2 Å². The number of benzene rings is 2. The number of hydrogen-bond donors (Lipinski definition) is 1. The maximum atomic E-state index is 12.7. The number of amides is 1. The highest BCUT2D eigenvalue weighted by Gasteiger charge is 2.09. The van der Waals surface area contributed by atoms with E-state index < -0.39 is 0 Å². The molecule has 8 nitrogen and oxygen atoms in total. The lowest BCUT2D eigenvalue weighted by Gasteiger charge is -2.09. The highest BCUT2D eigenvalue weighted by molar-refractivity contribution is 5.94. The van der Waals surface area contributed by atoms with E-state index >= 15 is 0 Å². The summed E-state index contributed by atoms with van der Waals surface area (Å²) in [5, 5.41) is 7.11. The molecule has 0 unspecified atom stereocenters. The maximum absolute atomic E-state index is 12.7. The van der Waals surface area contributed by atoms with Gasteiger partial charge in [-0.3, -0.25) is 4.79 Å². The first-order valence-electron chi connectivity index (χ1n) is 11.0. The normalized spacial score (nSPS) is 11.0. The molecule has 0 saturated carbocycles. The number of aryl methyl sites for hydroxylation is 1. The average molecular weight is 453 g/mol. The van der Waals surface area contributed by atoms with Gasteiger partial charge in [0, 0.05) is 24.5 Å². The first-order valence-corrected chi connectivity index (χ1v) is 11.0. The molecule has 0 aliphatic carbocycles. The Kier molecular flexibility index (Phi) is 6.03. The number of fused-ring (bicyclic) bond motifs is 1. The van der Waals surface area contributed by atoms with E-state index in [0.29, 0.717) is 31.0 Å². The number of nitrogens with zero attached hydrogens (tertiary/aromatic N) is 5. The number of pyridine rings is 1. The van der Waals surface area contributed by atoms with Gasteiger partial charge in [-0.05, 0) is 47.9 Å². The third-order valence-electron chi connectivity index (χ3n) is 5.39. The lowest BCUT2D eigenvalue weighted by Crippen LogP contribution is -2.22. The summed E-state index contributed by atoms with van der Waals surface area (Å²) in [7, 11) is 0. The third kappa shape index (κ3) is 5.12. The van der Waals surface area contributed by atoms with Gasteiger partial charge in [0.15, 0.2) is 0 Å². The zero-order valence-electron chi connectivity index (χ0n) is 18.8. The van der Waals surface area contributed by atoms with E-state index in [1.165, 1.54) is 6.33 Å². The number of ether oxygens (including phenoxy) is 1. The van der Waals surface area contributed by atoms with Crippen LogP contribution in [0.3, 0.4) is 0 Å². The molecular weight excluding hydrogens is 428 g/mol. The third-order valence-corrected chi connectivity index (χ3v) is 5.39. The quantitative estimate of drug-likeness (QED) is 0.387. The van der Waals surface area contributed by atoms with E-state index in [1.54, 1.807) is 23.1 Å². The van der Waals surface area contributed by atoms with Gasteiger partial charge >= 0.3 is 0 Å². The Labute approximate surface area is 196 Å². The minimum Gasteiger partial charge on any atom is -0.487 e. The van der Waals surface area contributed by atoms with Crippen LogP contribution in [0.25, 0.3) is 5.65 Å². The van der Waals surface area contributed by atoms with Crippen molar-refractivity contribution in [3.05, 3.63) is 114 Å². The van der Waals surface area contributed by atoms with Gasteiger partial charge in [-0.2, -0.15) is 5.10 Å². The van der Waals surface area contributed by atoms with Crippen molar-refractivity contribution in [2.75, 3.05) is 0 Å². The SMILES string of the molecule is Cc1ccc2nc(COc3cccc(C(=O)NCc4cccc(Cn5cncn5)c4)c3)cn2c1. The summed E-state index contributed by atoms with van der Waals surface area (Å²) in [6, 6.07) is 19.2. The molecule has 0 spiro atoms. The molecular formula is C26H24N6O2. The van der Waals surface area contributed by atoms with Crippen molar-refractivity contribution in [3.63, 3.8) is 0 Å². The molecule has 0 aliphatic heterocycles. The van der Waals surface area contributed by atoms with Crippen molar-refractivity contribution in [2.24, 2.45) is 0 Å². The number of hydrogen-bond acceptors (Lipinski definition) is 5. The molecule has 0 radical (unpaired) electrons. The van der Waals surface area contributed by atoms with E-state index in [9.17, 15) is 4.79 Å². The minimum atomic E-state index is -0.157. The zero-order valence-corrected chi connectivity index (χ0v) is 18.8. The number of imidazole rings is 1. The molecule has 1 amide bonds. The maximum Gasteiger partial charge on any atom is 0.251 e. The van der Waals surface area contributed by atoms with Gasteiger partial charge in [0.1, 0.15) is 30.7 Å². The topological polar surface area (TPSA) is 86.3 Å². The molecule has 0 fully saturated rings. The second-order valence-corrected chi connectivity index (χ2v) is 8.12. The Balaban J connectivity index is 1.18. The van der Waals surface area contributed by atoms with Crippen molar-refractivity contribution in [3.8, 4) is 5.75 Å². The largest absolute Gasteiger partial charge is 0.487 e. The van der Waals surface area contributed by atoms with Crippen molar-refractivity contribution in [1.29, 1.82) is 0 Å². The molecule has 170 valence electrons. The smallest absolute Gasteiger partial charge is 0.251 e. The zero-order chi connectivity index (χ0) is 23.3. The fraction of sp³-hybridized carbons (Fsp3) is 0.154. The van der Waals surface area contributed by atoms with Gasteiger partial charge < -0.3 is 14.5 Å². The van der Waals surface area contributed by atoms with Crippen LogP contribution in [0.1, 0.15) is 32.7 Å². The summed E-state index contributed by atoms with van der Waals surface area (Å²) in [4.78, 5) is 21.3. The second-order valence-electron chi connectivity index (χ2n) is 8.12. The van der Waals surface area contributed by atoms with Crippen LogP contribution < -0.4 is 10.1 Å². The molecule has 0 atom stereocenters. The Morgan fingerprint density at radius 1 is 1.03 bits per heavy atom. The van der Waals surface area contributed by atoms with Crippen LogP contribution in [0.15, 0.2) is 85.7 Å². The summed E-state index contributed by atoms with van der Waals surface area (Å²) in [6.07, 6.45) is 7.18. The van der Waals surface area contributed by atoms with Crippen molar-refractivity contribution < 1.29 is 9.53 Å². The van der Waals surface area contributed by atoms with Gasteiger partial charge in [0.2, 0.25) is 0 Å². The second kappa shape index (κ2) is 9.58. The molecule has 0 bridgehead atoms. The number of rotatable bonds is 8. The average Bonchev–Trinajstić information content (AvgIpc) is 3.51. The number of nitrogens with one attached hydrogen (secondary N) is 1. The predicted octanol–water partition coefficient (Wildman–Crippen LogP) is 3.79. The Hall–Kier alpha value is -4.46. The van der Waals surface area contributed by atoms with E-state index in [2.05, 4.69) is 26.4 Å². The lowest BCUT2D eigenvalue weighted by molar-refractivity contribution is 0.0950. The van der Waals surface area contributed by atoms with Crippen molar-refractivity contribution >= 4 is 11.6 Å². The monoisotopic (exact) mass is 452 g/mol. The summed E-state index contributed by atoms with van der Waals surface area (Å²) >= 11 is 0. The van der Waals surface area contributed by atoms with Crippen LogP contribution in [0.5, 0.6) is 5.75 Å². The highest BCUT2D eigenvalue weighted by Crippen LogP contribution is 2.16. The number of carbonyl (C=O) groups excluding carboxylic acids is 1. The molecule has 34 heavy (non-hydrogen) atoms. The van der Waals surface area contributed by atoms with Gasteiger partial charge in [-0.25, -0.2) is 14.6 Å². The number of aromatic nitrogens is 5. The van der Waals surface area contributed by atoms with E-state index in [4.69, 9.17) is 4.74 Å². The fourth-order valence-corrected chi connectivity index (χ4v) is 3.73. The minimum absolute atomic E-state index is 0.157.